The van der Waals surface area contributed by atoms with Crippen molar-refractivity contribution in [3.05, 3.63) is 0 Å². The predicted octanol–water partition coefficient (Wildman–Crippen LogP) is 0.818. The molecule has 2 aliphatic heterocycles. The first kappa shape index (κ1) is 11.4. The van der Waals surface area contributed by atoms with Crippen LogP contribution in [-0.4, -0.2) is 35.9 Å². The Hall–Kier alpha value is -1.10. The van der Waals surface area contributed by atoms with E-state index < -0.39 is 23.8 Å². The van der Waals surface area contributed by atoms with Crippen LogP contribution < -0.4 is 0 Å². The molecule has 2 bridgehead atoms. The van der Waals surface area contributed by atoms with Crippen molar-refractivity contribution in [3.63, 3.8) is 0 Å². The highest BCUT2D eigenvalue weighted by Crippen LogP contribution is 2.44. The molecule has 0 amide bonds. The minimum atomic E-state index is -0.953. The van der Waals surface area contributed by atoms with Crippen LogP contribution in [0.3, 0.4) is 0 Å². The first-order valence-electron chi connectivity index (χ1n) is 5.70. The van der Waals surface area contributed by atoms with Crippen molar-refractivity contribution in [3.8, 4) is 0 Å². The van der Waals surface area contributed by atoms with Crippen LogP contribution in [0.5, 0.6) is 0 Å². The highest BCUT2D eigenvalue weighted by atomic mass is 16.5. The number of carboxylic acids is 1. The summed E-state index contributed by atoms with van der Waals surface area (Å²) in [6.07, 6.45) is 1.68. The number of carboxylic acid groups (broad SMARTS) is 1. The van der Waals surface area contributed by atoms with Crippen molar-refractivity contribution < 1.29 is 24.2 Å². The Kier molecular flexibility index (Phi) is 3.14. The molecule has 16 heavy (non-hydrogen) atoms. The molecule has 2 rings (SSSR count). The van der Waals surface area contributed by atoms with Crippen molar-refractivity contribution in [1.29, 1.82) is 0 Å². The molecule has 5 nitrogen and oxygen atoms in total. The molecule has 0 aromatic heterocycles. The van der Waals surface area contributed by atoms with Crippen LogP contribution in [0.25, 0.3) is 0 Å². The molecule has 2 heterocycles. The van der Waals surface area contributed by atoms with Gasteiger partial charge in [-0.15, -0.1) is 0 Å². The van der Waals surface area contributed by atoms with E-state index in [0.717, 1.165) is 19.3 Å². The summed E-state index contributed by atoms with van der Waals surface area (Å²) in [4.78, 5) is 22.8. The lowest BCUT2D eigenvalue weighted by molar-refractivity contribution is -0.158. The summed E-state index contributed by atoms with van der Waals surface area (Å²) in [5.41, 5.74) is 0. The molecule has 4 atom stereocenters. The number of rotatable bonds is 4. The Labute approximate surface area is 93.7 Å². The van der Waals surface area contributed by atoms with Crippen LogP contribution in [0.4, 0.5) is 0 Å². The smallest absolute Gasteiger partial charge is 0.312 e. The number of carbonyl (C=O) groups is 2. The number of esters is 1. The van der Waals surface area contributed by atoms with E-state index in [2.05, 4.69) is 0 Å². The topological polar surface area (TPSA) is 72.8 Å². The summed E-state index contributed by atoms with van der Waals surface area (Å²) < 4.78 is 10.5. The lowest BCUT2D eigenvalue weighted by Gasteiger charge is -2.22. The van der Waals surface area contributed by atoms with E-state index in [9.17, 15) is 9.59 Å². The van der Waals surface area contributed by atoms with Gasteiger partial charge < -0.3 is 14.6 Å². The second kappa shape index (κ2) is 4.41. The molecule has 3 unspecified atom stereocenters. The fraction of sp³-hybridized carbons (Fsp3) is 0.818. The second-order valence-corrected chi connectivity index (χ2v) is 4.35. The van der Waals surface area contributed by atoms with Crippen LogP contribution in [0.1, 0.15) is 26.2 Å². The largest absolute Gasteiger partial charge is 0.481 e. The third-order valence-corrected chi connectivity index (χ3v) is 3.28. The predicted molar refractivity (Wildman–Crippen MR) is 53.8 cm³/mol. The highest BCUT2D eigenvalue weighted by Gasteiger charge is 2.56. The van der Waals surface area contributed by atoms with Crippen LogP contribution in [0.2, 0.25) is 0 Å². The molecule has 2 saturated heterocycles. The molecule has 2 aliphatic rings. The maximum atomic E-state index is 11.7. The van der Waals surface area contributed by atoms with E-state index in [1.807, 2.05) is 6.92 Å². The van der Waals surface area contributed by atoms with E-state index in [0.29, 0.717) is 6.61 Å². The molecule has 1 N–H and O–H groups in total. The third kappa shape index (κ3) is 1.80. The third-order valence-electron chi connectivity index (χ3n) is 3.28. The Morgan fingerprint density at radius 3 is 2.50 bits per heavy atom. The van der Waals surface area contributed by atoms with Gasteiger partial charge in [-0.25, -0.2) is 0 Å². The van der Waals surface area contributed by atoms with Crippen molar-refractivity contribution in [2.75, 3.05) is 6.61 Å². The molecule has 2 fully saturated rings. The SMILES string of the molecule is CCCOC(=O)C1C(C(=O)O)C2CC[C@H]1O2. The zero-order valence-corrected chi connectivity index (χ0v) is 9.22. The van der Waals surface area contributed by atoms with Crippen molar-refractivity contribution >= 4 is 11.9 Å². The molecular formula is C11H16O5. The Morgan fingerprint density at radius 1 is 1.31 bits per heavy atom. The van der Waals surface area contributed by atoms with Crippen LogP contribution >= 0.6 is 0 Å². The molecule has 5 heteroatoms. The summed E-state index contributed by atoms with van der Waals surface area (Å²) in [7, 11) is 0. The van der Waals surface area contributed by atoms with E-state index >= 15 is 0 Å². The van der Waals surface area contributed by atoms with Gasteiger partial charge in [-0.3, -0.25) is 9.59 Å². The maximum absolute atomic E-state index is 11.7. The van der Waals surface area contributed by atoms with E-state index in [-0.39, 0.29) is 12.2 Å². The summed E-state index contributed by atoms with van der Waals surface area (Å²) in [5, 5.41) is 9.09. The number of carbonyl (C=O) groups excluding carboxylic acids is 1. The summed E-state index contributed by atoms with van der Waals surface area (Å²) >= 11 is 0. The number of aliphatic carboxylic acids is 1. The van der Waals surface area contributed by atoms with E-state index in [1.54, 1.807) is 0 Å². The van der Waals surface area contributed by atoms with Crippen molar-refractivity contribution in [1.82, 2.24) is 0 Å². The number of hydrogen-bond acceptors (Lipinski definition) is 4. The van der Waals surface area contributed by atoms with Gasteiger partial charge in [0.1, 0.15) is 0 Å². The minimum Gasteiger partial charge on any atom is -0.481 e. The van der Waals surface area contributed by atoms with E-state index in [4.69, 9.17) is 14.6 Å². The average Bonchev–Trinajstić information content (AvgIpc) is 2.84. The molecule has 0 spiro atoms. The summed E-state index contributed by atoms with van der Waals surface area (Å²) in [6, 6.07) is 0. The Balaban J connectivity index is 2.06. The van der Waals surface area contributed by atoms with Gasteiger partial charge in [0, 0.05) is 0 Å². The fourth-order valence-corrected chi connectivity index (χ4v) is 2.59. The molecule has 0 aromatic carbocycles. The first-order valence-corrected chi connectivity index (χ1v) is 5.70. The normalized spacial score (nSPS) is 36.3. The maximum Gasteiger partial charge on any atom is 0.312 e. The fourth-order valence-electron chi connectivity index (χ4n) is 2.59. The number of ether oxygens (including phenoxy) is 2. The van der Waals surface area contributed by atoms with Gasteiger partial charge in [0.2, 0.25) is 0 Å². The first-order chi connectivity index (χ1) is 7.65. The van der Waals surface area contributed by atoms with Gasteiger partial charge in [0.05, 0.1) is 30.7 Å². The van der Waals surface area contributed by atoms with Crippen LogP contribution in [0, 0.1) is 11.8 Å². The second-order valence-electron chi connectivity index (χ2n) is 4.35. The zero-order valence-electron chi connectivity index (χ0n) is 9.22. The molecule has 0 aliphatic carbocycles. The average molecular weight is 228 g/mol. The monoisotopic (exact) mass is 228 g/mol. The van der Waals surface area contributed by atoms with Gasteiger partial charge in [0.15, 0.2) is 0 Å². The van der Waals surface area contributed by atoms with Gasteiger partial charge in [0.25, 0.3) is 0 Å². The Morgan fingerprint density at radius 2 is 1.94 bits per heavy atom. The van der Waals surface area contributed by atoms with Gasteiger partial charge in [-0.05, 0) is 19.3 Å². The minimum absolute atomic E-state index is 0.254. The quantitative estimate of drug-likeness (QED) is 0.721. The molecule has 0 saturated carbocycles. The van der Waals surface area contributed by atoms with Gasteiger partial charge in [-0.2, -0.15) is 0 Å². The van der Waals surface area contributed by atoms with Crippen LogP contribution in [-0.2, 0) is 19.1 Å². The zero-order chi connectivity index (χ0) is 11.7. The highest BCUT2D eigenvalue weighted by molar-refractivity contribution is 5.83. The standard InChI is InChI=1S/C11H16O5/c1-2-5-15-11(14)9-7-4-3-6(16-7)8(9)10(12)13/h6-9H,2-5H2,1H3,(H,12,13)/t6?,7-,8?,9?/m1/s1. The lowest BCUT2D eigenvalue weighted by Crippen LogP contribution is -2.39. The molecule has 90 valence electrons. The Bertz CT molecular complexity index is 301. The molecule has 0 radical (unpaired) electrons. The molecular weight excluding hydrogens is 212 g/mol. The van der Waals surface area contributed by atoms with Gasteiger partial charge in [-0.1, -0.05) is 6.92 Å². The number of fused-ring (bicyclic) bond motifs is 2. The summed E-state index contributed by atoms with van der Waals surface area (Å²) in [6.45, 7) is 2.25. The van der Waals surface area contributed by atoms with Crippen LogP contribution in [0.15, 0.2) is 0 Å². The van der Waals surface area contributed by atoms with E-state index in [1.165, 1.54) is 0 Å². The summed E-state index contributed by atoms with van der Waals surface area (Å²) in [5.74, 6) is -2.70. The molecule has 0 aromatic rings. The lowest BCUT2D eigenvalue weighted by atomic mass is 9.79. The van der Waals surface area contributed by atoms with Crippen molar-refractivity contribution in [2.45, 2.75) is 38.4 Å². The number of hydrogen-bond donors (Lipinski definition) is 1. The van der Waals surface area contributed by atoms with Gasteiger partial charge >= 0.3 is 11.9 Å². The van der Waals surface area contributed by atoms with Crippen molar-refractivity contribution in [2.24, 2.45) is 11.8 Å².